The van der Waals surface area contributed by atoms with Crippen LogP contribution in [-0.2, 0) is 25.0 Å². The number of benzene rings is 1. The van der Waals surface area contributed by atoms with Gasteiger partial charge in [-0.25, -0.2) is 0 Å². The first-order valence-electron chi connectivity index (χ1n) is 6.80. The third-order valence-electron chi connectivity index (χ3n) is 2.61. The van der Waals surface area contributed by atoms with Gasteiger partial charge in [0.1, 0.15) is 4.90 Å². The molecule has 0 saturated heterocycles. The standard InChI is InChI=1S/C8H8O3S.C7H13NO4S/c1-2-7-5-3-4-6-8(7)12(9,10)11;1-4-6(9)8-7(2,3)5-13(10,11)12/h2-6H,1H2,(H,9,10,11);4H,1,5H2,2-3H3,(H,8,9)(H,10,11,12). The van der Waals surface area contributed by atoms with E-state index in [1.807, 2.05) is 0 Å². The van der Waals surface area contributed by atoms with Crippen molar-refractivity contribution in [2.24, 2.45) is 0 Å². The Morgan fingerprint density at radius 2 is 1.68 bits per heavy atom. The molecule has 0 saturated carbocycles. The SMILES string of the molecule is C=CC(=O)NC(C)(C)CS(=O)(=O)O.C=Cc1ccccc1S(=O)(=O)O. The van der Waals surface area contributed by atoms with E-state index >= 15 is 0 Å². The lowest BCUT2D eigenvalue weighted by Crippen LogP contribution is -2.47. The minimum absolute atomic E-state index is 0.111. The Morgan fingerprint density at radius 1 is 1.16 bits per heavy atom. The maximum absolute atomic E-state index is 10.8. The van der Waals surface area contributed by atoms with Gasteiger partial charge in [0.15, 0.2) is 0 Å². The van der Waals surface area contributed by atoms with Crippen molar-refractivity contribution in [1.29, 1.82) is 0 Å². The van der Waals surface area contributed by atoms with Gasteiger partial charge in [0.25, 0.3) is 20.2 Å². The lowest BCUT2D eigenvalue weighted by atomic mass is 10.1. The third kappa shape index (κ3) is 9.77. The summed E-state index contributed by atoms with van der Waals surface area (Å²) >= 11 is 0. The topological polar surface area (TPSA) is 138 Å². The Labute approximate surface area is 147 Å². The Morgan fingerprint density at radius 3 is 2.04 bits per heavy atom. The van der Waals surface area contributed by atoms with E-state index in [0.29, 0.717) is 5.56 Å². The molecule has 0 radical (unpaired) electrons. The van der Waals surface area contributed by atoms with Crippen LogP contribution in [0.5, 0.6) is 0 Å². The van der Waals surface area contributed by atoms with Gasteiger partial charge in [-0.15, -0.1) is 0 Å². The Hall–Kier alpha value is -2.01. The minimum Gasteiger partial charge on any atom is -0.347 e. The van der Waals surface area contributed by atoms with Gasteiger partial charge in [-0.1, -0.05) is 37.4 Å². The molecule has 1 aromatic carbocycles. The van der Waals surface area contributed by atoms with Crippen molar-refractivity contribution < 1.29 is 30.7 Å². The lowest BCUT2D eigenvalue weighted by molar-refractivity contribution is -0.117. The summed E-state index contributed by atoms with van der Waals surface area (Å²) in [6, 6.07) is 6.10. The molecule has 1 amide bonds. The fraction of sp³-hybridized carbons (Fsp3) is 0.267. The third-order valence-corrected chi connectivity index (χ3v) is 4.62. The van der Waals surface area contributed by atoms with Gasteiger partial charge in [-0.3, -0.25) is 13.9 Å². The number of hydrogen-bond acceptors (Lipinski definition) is 5. The summed E-state index contributed by atoms with van der Waals surface area (Å²) < 4.78 is 59.7. The number of rotatable bonds is 6. The second-order valence-electron chi connectivity index (χ2n) is 5.52. The van der Waals surface area contributed by atoms with E-state index in [1.165, 1.54) is 32.1 Å². The maximum Gasteiger partial charge on any atom is 0.295 e. The summed E-state index contributed by atoms with van der Waals surface area (Å²) in [5.41, 5.74) is -0.598. The van der Waals surface area contributed by atoms with Gasteiger partial charge in [0.05, 0.1) is 11.3 Å². The Balaban J connectivity index is 0.000000462. The van der Waals surface area contributed by atoms with Crippen LogP contribution in [0.4, 0.5) is 0 Å². The van der Waals surface area contributed by atoms with Gasteiger partial charge in [-0.2, -0.15) is 16.8 Å². The normalized spacial score (nSPS) is 11.7. The highest BCUT2D eigenvalue weighted by Crippen LogP contribution is 2.15. The summed E-state index contributed by atoms with van der Waals surface area (Å²) in [5, 5.41) is 2.37. The van der Waals surface area contributed by atoms with Gasteiger partial charge < -0.3 is 5.32 Å². The van der Waals surface area contributed by atoms with Crippen molar-refractivity contribution in [3.05, 3.63) is 49.1 Å². The Bertz CT molecular complexity index is 840. The highest BCUT2D eigenvalue weighted by atomic mass is 32.2. The van der Waals surface area contributed by atoms with Crippen LogP contribution in [0.25, 0.3) is 6.08 Å². The quantitative estimate of drug-likeness (QED) is 0.494. The molecular formula is C15H21NO7S2. The van der Waals surface area contributed by atoms with Crippen molar-refractivity contribution in [3.63, 3.8) is 0 Å². The van der Waals surface area contributed by atoms with E-state index < -0.39 is 37.4 Å². The highest BCUT2D eigenvalue weighted by molar-refractivity contribution is 7.86. The van der Waals surface area contributed by atoms with Gasteiger partial charge in [0.2, 0.25) is 5.91 Å². The molecule has 0 unspecified atom stereocenters. The van der Waals surface area contributed by atoms with Crippen molar-refractivity contribution in [2.45, 2.75) is 24.3 Å². The molecule has 0 bridgehead atoms. The Kier molecular flexibility index (Phi) is 8.19. The number of amides is 1. The van der Waals surface area contributed by atoms with Crippen LogP contribution in [0.3, 0.4) is 0 Å². The summed E-state index contributed by atoms with van der Waals surface area (Å²) in [7, 11) is -8.20. The van der Waals surface area contributed by atoms with Crippen LogP contribution in [0.15, 0.2) is 48.4 Å². The first-order valence-corrected chi connectivity index (χ1v) is 9.85. The lowest BCUT2D eigenvalue weighted by Gasteiger charge is -2.23. The molecule has 10 heteroatoms. The van der Waals surface area contributed by atoms with Crippen LogP contribution in [0.1, 0.15) is 19.4 Å². The van der Waals surface area contributed by atoms with E-state index in [9.17, 15) is 21.6 Å². The molecule has 1 rings (SSSR count). The summed E-state index contributed by atoms with van der Waals surface area (Å²) in [6.45, 7) is 9.62. The van der Waals surface area contributed by atoms with Crippen LogP contribution in [0, 0.1) is 0 Å². The van der Waals surface area contributed by atoms with E-state index in [4.69, 9.17) is 9.11 Å². The van der Waals surface area contributed by atoms with Gasteiger partial charge in [0, 0.05) is 0 Å². The number of nitrogens with one attached hydrogen (secondary N) is 1. The largest absolute Gasteiger partial charge is 0.347 e. The molecule has 0 fully saturated rings. The van der Waals surface area contributed by atoms with Crippen LogP contribution >= 0.6 is 0 Å². The molecule has 1 aromatic rings. The van der Waals surface area contributed by atoms with Crippen molar-refractivity contribution in [3.8, 4) is 0 Å². The highest BCUT2D eigenvalue weighted by Gasteiger charge is 2.25. The van der Waals surface area contributed by atoms with Crippen LogP contribution in [-0.4, -0.2) is 43.1 Å². The smallest absolute Gasteiger partial charge is 0.295 e. The molecule has 0 aliphatic carbocycles. The van der Waals surface area contributed by atoms with Crippen molar-refractivity contribution >= 4 is 32.2 Å². The molecular weight excluding hydrogens is 370 g/mol. The molecule has 0 atom stereocenters. The van der Waals surface area contributed by atoms with Gasteiger partial charge in [-0.05, 0) is 31.6 Å². The molecule has 0 spiro atoms. The predicted molar refractivity (Wildman–Crippen MR) is 95.2 cm³/mol. The zero-order chi connectivity index (χ0) is 19.9. The summed E-state index contributed by atoms with van der Waals surface area (Å²) in [4.78, 5) is 10.7. The van der Waals surface area contributed by atoms with E-state index in [0.717, 1.165) is 6.08 Å². The zero-order valence-electron chi connectivity index (χ0n) is 13.8. The van der Waals surface area contributed by atoms with E-state index in [-0.39, 0.29) is 4.90 Å². The monoisotopic (exact) mass is 391 g/mol. The first-order chi connectivity index (χ1) is 11.2. The second-order valence-corrected chi connectivity index (χ2v) is 8.36. The zero-order valence-corrected chi connectivity index (χ0v) is 15.5. The second kappa shape index (κ2) is 8.90. The summed E-state index contributed by atoms with van der Waals surface area (Å²) in [6.07, 6.45) is 2.41. The first kappa shape index (κ1) is 23.0. The van der Waals surface area contributed by atoms with E-state index in [1.54, 1.807) is 12.1 Å². The molecule has 140 valence electrons. The molecule has 0 aromatic heterocycles. The summed E-state index contributed by atoms with van der Waals surface area (Å²) in [5.74, 6) is -1.01. The average molecular weight is 391 g/mol. The average Bonchev–Trinajstić information content (AvgIpc) is 2.43. The van der Waals surface area contributed by atoms with Gasteiger partial charge >= 0.3 is 0 Å². The van der Waals surface area contributed by atoms with Crippen molar-refractivity contribution in [2.75, 3.05) is 5.75 Å². The van der Waals surface area contributed by atoms with Crippen LogP contribution in [0.2, 0.25) is 0 Å². The molecule has 3 N–H and O–H groups in total. The fourth-order valence-electron chi connectivity index (χ4n) is 1.76. The number of hydrogen-bond donors (Lipinski definition) is 3. The molecule has 8 nitrogen and oxygen atoms in total. The predicted octanol–water partition coefficient (Wildman–Crippen LogP) is 1.53. The van der Waals surface area contributed by atoms with Crippen LogP contribution < -0.4 is 5.32 Å². The molecule has 0 aliphatic heterocycles. The van der Waals surface area contributed by atoms with Crippen molar-refractivity contribution in [1.82, 2.24) is 5.32 Å². The number of carbonyl (C=O) groups is 1. The van der Waals surface area contributed by atoms with E-state index in [2.05, 4.69) is 18.5 Å². The molecule has 25 heavy (non-hydrogen) atoms. The minimum atomic E-state index is -4.12. The fourth-order valence-corrected chi connectivity index (χ4v) is 3.44. The maximum atomic E-state index is 10.8. The number of carbonyl (C=O) groups excluding carboxylic acids is 1. The molecule has 0 heterocycles. The molecule has 0 aliphatic rings.